The third kappa shape index (κ3) is 3.86. The predicted octanol–water partition coefficient (Wildman–Crippen LogP) is -0.397. The number of nitrogens with zero attached hydrogens (tertiary/aromatic N) is 3. The zero-order valence-corrected chi connectivity index (χ0v) is 15.5. The molecule has 0 saturated carbocycles. The van der Waals surface area contributed by atoms with Crippen LogP contribution in [0.25, 0.3) is 0 Å². The Balaban J connectivity index is 1.74. The van der Waals surface area contributed by atoms with Crippen molar-refractivity contribution < 1.29 is 17.9 Å². The van der Waals surface area contributed by atoms with Gasteiger partial charge in [-0.2, -0.15) is 22.5 Å². The number of amides is 1. The molecular formula is C15H25N5O4S. The first-order chi connectivity index (χ1) is 11.8. The summed E-state index contributed by atoms with van der Waals surface area (Å²) in [4.78, 5) is 12.6. The highest BCUT2D eigenvalue weighted by Gasteiger charge is 2.41. The number of ether oxygens (including phenoxy) is 1. The normalized spacial score (nSPS) is 29.6. The van der Waals surface area contributed by atoms with Gasteiger partial charge in [-0.1, -0.05) is 0 Å². The lowest BCUT2D eigenvalue weighted by Gasteiger charge is -2.36. The zero-order valence-electron chi connectivity index (χ0n) is 14.7. The van der Waals surface area contributed by atoms with Crippen LogP contribution in [0.2, 0.25) is 0 Å². The van der Waals surface area contributed by atoms with E-state index >= 15 is 0 Å². The van der Waals surface area contributed by atoms with Crippen LogP contribution in [0.4, 0.5) is 0 Å². The lowest BCUT2D eigenvalue weighted by molar-refractivity contribution is -0.125. The van der Waals surface area contributed by atoms with Crippen LogP contribution in [-0.4, -0.2) is 60.8 Å². The molecule has 2 saturated heterocycles. The first-order valence-electron chi connectivity index (χ1n) is 8.42. The molecule has 0 radical (unpaired) electrons. The van der Waals surface area contributed by atoms with Crippen LogP contribution in [0, 0.1) is 6.92 Å². The molecule has 0 aliphatic carbocycles. The summed E-state index contributed by atoms with van der Waals surface area (Å²) < 4.78 is 35.8. The van der Waals surface area contributed by atoms with E-state index < -0.39 is 22.3 Å². The van der Waals surface area contributed by atoms with Crippen LogP contribution in [-0.2, 0) is 26.8 Å². The fourth-order valence-electron chi connectivity index (χ4n) is 3.41. The summed E-state index contributed by atoms with van der Waals surface area (Å²) in [5, 5.41) is 7.10. The van der Waals surface area contributed by atoms with E-state index in [1.165, 1.54) is 7.05 Å². The SMILES string of the molecule is Cc1nn(C)cc1[C@H]1C[C@H](C(=O)NC[C@@H]2CCCO2)N(C)S(=O)(=O)N1. The van der Waals surface area contributed by atoms with Crippen LogP contribution in [0.1, 0.15) is 36.6 Å². The van der Waals surface area contributed by atoms with Crippen LogP contribution < -0.4 is 10.0 Å². The highest BCUT2D eigenvalue weighted by atomic mass is 32.2. The monoisotopic (exact) mass is 371 g/mol. The van der Waals surface area contributed by atoms with Gasteiger partial charge in [-0.05, 0) is 26.2 Å². The van der Waals surface area contributed by atoms with Gasteiger partial charge in [0.1, 0.15) is 6.04 Å². The van der Waals surface area contributed by atoms with Crippen molar-refractivity contribution in [1.29, 1.82) is 0 Å². The molecule has 2 aliphatic rings. The molecule has 1 aromatic rings. The van der Waals surface area contributed by atoms with E-state index in [2.05, 4.69) is 15.1 Å². The third-order valence-electron chi connectivity index (χ3n) is 4.83. The van der Waals surface area contributed by atoms with Gasteiger partial charge in [0.2, 0.25) is 5.91 Å². The number of hydrogen-bond acceptors (Lipinski definition) is 5. The quantitative estimate of drug-likeness (QED) is 0.749. The van der Waals surface area contributed by atoms with Crippen molar-refractivity contribution in [3.63, 3.8) is 0 Å². The Morgan fingerprint density at radius 1 is 1.48 bits per heavy atom. The van der Waals surface area contributed by atoms with E-state index in [4.69, 9.17) is 4.74 Å². The molecule has 0 unspecified atom stereocenters. The minimum atomic E-state index is -3.74. The van der Waals surface area contributed by atoms with Crippen LogP contribution in [0.3, 0.4) is 0 Å². The second-order valence-electron chi connectivity index (χ2n) is 6.67. The highest BCUT2D eigenvalue weighted by Crippen LogP contribution is 2.29. The van der Waals surface area contributed by atoms with Gasteiger partial charge in [0.15, 0.2) is 0 Å². The van der Waals surface area contributed by atoms with Gasteiger partial charge in [-0.25, -0.2) is 0 Å². The molecule has 9 nitrogen and oxygen atoms in total. The number of carbonyl (C=O) groups is 1. The fourth-order valence-corrected chi connectivity index (χ4v) is 4.68. The number of aryl methyl sites for hydroxylation is 2. The molecule has 2 N–H and O–H groups in total. The first kappa shape index (κ1) is 18.3. The molecule has 1 amide bonds. The van der Waals surface area contributed by atoms with E-state index in [1.807, 2.05) is 6.92 Å². The number of hydrogen-bond donors (Lipinski definition) is 2. The van der Waals surface area contributed by atoms with E-state index in [0.717, 1.165) is 28.4 Å². The van der Waals surface area contributed by atoms with Gasteiger partial charge in [-0.3, -0.25) is 9.48 Å². The van der Waals surface area contributed by atoms with Crippen molar-refractivity contribution in [2.24, 2.45) is 7.05 Å². The standard InChI is InChI=1S/C15H25N5O4S/c1-10-12(9-19(2)17-10)13-7-14(20(3)25(22,23)18-13)15(21)16-8-11-5-4-6-24-11/h9,11,13-14,18H,4-8H2,1-3H3,(H,16,21)/t11-,13+,14+/m0/s1. The van der Waals surface area contributed by atoms with Gasteiger partial charge in [-0.15, -0.1) is 0 Å². The number of nitrogens with one attached hydrogen (secondary N) is 2. The number of likely N-dealkylation sites (N-methyl/N-ethyl adjacent to an activating group) is 1. The lowest BCUT2D eigenvalue weighted by Crippen LogP contribution is -2.57. The number of carbonyl (C=O) groups excluding carboxylic acids is 1. The minimum Gasteiger partial charge on any atom is -0.376 e. The molecule has 3 atom stereocenters. The van der Waals surface area contributed by atoms with E-state index in [9.17, 15) is 13.2 Å². The molecule has 0 aromatic carbocycles. The summed E-state index contributed by atoms with van der Waals surface area (Å²) >= 11 is 0. The maximum Gasteiger partial charge on any atom is 0.280 e. The largest absolute Gasteiger partial charge is 0.376 e. The molecular weight excluding hydrogens is 346 g/mol. The Morgan fingerprint density at radius 2 is 2.24 bits per heavy atom. The van der Waals surface area contributed by atoms with Crippen molar-refractivity contribution >= 4 is 16.1 Å². The Morgan fingerprint density at radius 3 is 2.84 bits per heavy atom. The predicted molar refractivity (Wildman–Crippen MR) is 90.9 cm³/mol. The fraction of sp³-hybridized carbons (Fsp3) is 0.733. The second-order valence-corrected chi connectivity index (χ2v) is 8.43. The Labute approximate surface area is 147 Å². The Bertz CT molecular complexity index is 741. The van der Waals surface area contributed by atoms with E-state index in [0.29, 0.717) is 19.6 Å². The van der Waals surface area contributed by atoms with E-state index in [1.54, 1.807) is 17.9 Å². The van der Waals surface area contributed by atoms with Crippen molar-refractivity contribution in [2.75, 3.05) is 20.2 Å². The van der Waals surface area contributed by atoms with Crippen LogP contribution >= 0.6 is 0 Å². The summed E-state index contributed by atoms with van der Waals surface area (Å²) in [5.74, 6) is -0.297. The Kier molecular flexibility index (Phi) is 5.14. The van der Waals surface area contributed by atoms with Crippen molar-refractivity contribution in [3.05, 3.63) is 17.5 Å². The van der Waals surface area contributed by atoms with Gasteiger partial charge in [0.05, 0.1) is 17.8 Å². The molecule has 0 bridgehead atoms. The smallest absolute Gasteiger partial charge is 0.280 e. The van der Waals surface area contributed by atoms with Gasteiger partial charge in [0.25, 0.3) is 10.2 Å². The highest BCUT2D eigenvalue weighted by molar-refractivity contribution is 7.87. The summed E-state index contributed by atoms with van der Waals surface area (Å²) in [6.07, 6.45) is 4.06. The van der Waals surface area contributed by atoms with Crippen LogP contribution in [0.15, 0.2) is 6.20 Å². The minimum absolute atomic E-state index is 0.0175. The summed E-state index contributed by atoms with van der Waals surface area (Å²) in [6, 6.07) is -1.24. The average Bonchev–Trinajstić information content (AvgIpc) is 3.16. The molecule has 2 aliphatic heterocycles. The van der Waals surface area contributed by atoms with Gasteiger partial charge in [0, 0.05) is 39.0 Å². The molecule has 3 rings (SSSR count). The molecule has 25 heavy (non-hydrogen) atoms. The average molecular weight is 371 g/mol. The number of aromatic nitrogens is 2. The molecule has 140 valence electrons. The maximum atomic E-state index is 12.6. The Hall–Kier alpha value is -1.49. The van der Waals surface area contributed by atoms with Crippen LogP contribution in [0.5, 0.6) is 0 Å². The van der Waals surface area contributed by atoms with Crippen molar-refractivity contribution in [3.8, 4) is 0 Å². The molecule has 10 heteroatoms. The number of rotatable bonds is 4. The van der Waals surface area contributed by atoms with Crippen molar-refractivity contribution in [1.82, 2.24) is 24.1 Å². The topological polar surface area (TPSA) is 106 Å². The first-order valence-corrected chi connectivity index (χ1v) is 9.86. The third-order valence-corrected chi connectivity index (χ3v) is 6.42. The van der Waals surface area contributed by atoms with Gasteiger partial charge >= 0.3 is 0 Å². The molecule has 1 aromatic heterocycles. The van der Waals surface area contributed by atoms with E-state index in [-0.39, 0.29) is 12.0 Å². The maximum absolute atomic E-state index is 12.6. The summed E-state index contributed by atoms with van der Waals surface area (Å²) in [7, 11) is -0.539. The lowest BCUT2D eigenvalue weighted by atomic mass is 10.00. The molecule has 2 fully saturated rings. The summed E-state index contributed by atoms with van der Waals surface area (Å²) in [5.41, 5.74) is 1.54. The zero-order chi connectivity index (χ0) is 18.2. The molecule has 0 spiro atoms. The second kappa shape index (κ2) is 7.02. The van der Waals surface area contributed by atoms with Crippen molar-refractivity contribution in [2.45, 2.75) is 44.4 Å². The summed E-state index contributed by atoms with van der Waals surface area (Å²) in [6.45, 7) is 2.95. The van der Waals surface area contributed by atoms with Gasteiger partial charge < -0.3 is 10.1 Å². The molecule has 3 heterocycles.